The van der Waals surface area contributed by atoms with Crippen LogP contribution in [-0.4, -0.2) is 34.3 Å². The zero-order valence-electron chi connectivity index (χ0n) is 15.8. The van der Waals surface area contributed by atoms with Crippen LogP contribution in [0.25, 0.3) is 21.3 Å². The van der Waals surface area contributed by atoms with Crippen LogP contribution in [0.15, 0.2) is 67.0 Å². The normalized spacial score (nSPS) is 10.6. The molecule has 2 amide bonds. The van der Waals surface area contributed by atoms with Gasteiger partial charge in [0.1, 0.15) is 5.75 Å². The maximum atomic E-state index is 12.1. The zero-order valence-corrected chi connectivity index (χ0v) is 16.6. The molecular formula is C21H16N4O4S. The highest BCUT2D eigenvalue weighted by Crippen LogP contribution is 2.31. The molecule has 150 valence electrons. The van der Waals surface area contributed by atoms with Crippen molar-refractivity contribution in [2.45, 2.75) is 0 Å². The number of pyridine rings is 1. The van der Waals surface area contributed by atoms with E-state index in [1.165, 1.54) is 24.6 Å². The number of carbonyl (C=O) groups is 2. The van der Waals surface area contributed by atoms with Crippen molar-refractivity contribution in [2.75, 3.05) is 17.3 Å². The van der Waals surface area contributed by atoms with Crippen molar-refractivity contribution < 1.29 is 19.4 Å². The van der Waals surface area contributed by atoms with Gasteiger partial charge in [0.2, 0.25) is 0 Å². The summed E-state index contributed by atoms with van der Waals surface area (Å²) in [7, 11) is 1.46. The van der Waals surface area contributed by atoms with Crippen LogP contribution in [0.2, 0.25) is 0 Å². The van der Waals surface area contributed by atoms with E-state index in [1.54, 1.807) is 36.5 Å². The molecule has 9 heteroatoms. The molecule has 0 bridgehead atoms. The first-order valence-electron chi connectivity index (χ1n) is 8.86. The van der Waals surface area contributed by atoms with Gasteiger partial charge in [-0.3, -0.25) is 15.2 Å². The lowest BCUT2D eigenvalue weighted by Crippen LogP contribution is -2.23. The van der Waals surface area contributed by atoms with Gasteiger partial charge in [-0.1, -0.05) is 35.6 Å². The van der Waals surface area contributed by atoms with Gasteiger partial charge >= 0.3 is 12.2 Å². The molecule has 0 saturated carbocycles. The van der Waals surface area contributed by atoms with Gasteiger partial charge in [0.25, 0.3) is 0 Å². The highest BCUT2D eigenvalue weighted by atomic mass is 32.1. The molecule has 0 aliphatic heterocycles. The number of aromatic nitrogens is 2. The molecule has 2 aromatic heterocycles. The summed E-state index contributed by atoms with van der Waals surface area (Å²) < 4.78 is 6.08. The lowest BCUT2D eigenvalue weighted by atomic mass is 10.1. The van der Waals surface area contributed by atoms with Gasteiger partial charge in [-0.2, -0.15) is 0 Å². The Labute approximate surface area is 175 Å². The van der Waals surface area contributed by atoms with Crippen LogP contribution in [0.4, 0.5) is 20.4 Å². The maximum absolute atomic E-state index is 12.1. The smallest absolute Gasteiger partial charge is 0.418 e. The van der Waals surface area contributed by atoms with E-state index in [1.807, 2.05) is 24.3 Å². The van der Waals surface area contributed by atoms with Crippen LogP contribution in [0.5, 0.6) is 5.75 Å². The van der Waals surface area contributed by atoms with Crippen molar-refractivity contribution >= 4 is 44.6 Å². The van der Waals surface area contributed by atoms with Gasteiger partial charge in [0, 0.05) is 18.8 Å². The van der Waals surface area contributed by atoms with E-state index in [-0.39, 0.29) is 0 Å². The minimum absolute atomic E-state index is 0.417. The minimum atomic E-state index is -1.06. The fraction of sp³-hybridized carbons (Fsp3) is 0.0476. The molecule has 4 aromatic rings. The number of nitrogens with one attached hydrogen (secondary N) is 1. The molecule has 0 fully saturated rings. The van der Waals surface area contributed by atoms with E-state index >= 15 is 0 Å². The van der Waals surface area contributed by atoms with Gasteiger partial charge in [0.15, 0.2) is 5.13 Å². The first-order valence-corrected chi connectivity index (χ1v) is 9.68. The molecule has 0 atom stereocenters. The predicted octanol–water partition coefficient (Wildman–Crippen LogP) is 5.08. The summed E-state index contributed by atoms with van der Waals surface area (Å²) in [5.74, 6) is 0.442. The predicted molar refractivity (Wildman–Crippen MR) is 115 cm³/mol. The Bertz CT molecular complexity index is 1230. The molecule has 4 rings (SSSR count). The zero-order chi connectivity index (χ0) is 21.1. The number of rotatable bonds is 4. The Kier molecular flexibility index (Phi) is 5.27. The third kappa shape index (κ3) is 4.20. The van der Waals surface area contributed by atoms with Crippen molar-refractivity contribution in [3.05, 3.63) is 67.0 Å². The molecule has 0 aliphatic rings. The molecule has 0 radical (unpaired) electrons. The quantitative estimate of drug-likeness (QED) is 0.477. The van der Waals surface area contributed by atoms with Gasteiger partial charge in [0.05, 0.1) is 22.1 Å². The second-order valence-electron chi connectivity index (χ2n) is 6.30. The van der Waals surface area contributed by atoms with Gasteiger partial charge in [-0.05, 0) is 35.9 Å². The Hall–Kier alpha value is -3.98. The number of hydrogen-bond donors (Lipinski definition) is 2. The van der Waals surface area contributed by atoms with Crippen molar-refractivity contribution in [3.63, 3.8) is 0 Å². The average molecular weight is 420 g/mol. The molecule has 0 spiro atoms. The van der Waals surface area contributed by atoms with E-state index in [0.717, 1.165) is 26.2 Å². The molecule has 0 unspecified atom stereocenters. The lowest BCUT2D eigenvalue weighted by molar-refractivity contribution is 0.203. The SMILES string of the molecule is CN(C(=O)O)c1cncc(-c2ccc3nc(NC(=O)Oc4ccccc4)sc3c2)c1. The lowest BCUT2D eigenvalue weighted by Gasteiger charge is -2.13. The summed E-state index contributed by atoms with van der Waals surface area (Å²) in [6, 6.07) is 16.1. The number of carbonyl (C=O) groups excluding carboxylic acids is 1. The maximum Gasteiger partial charge on any atom is 0.418 e. The van der Waals surface area contributed by atoms with Gasteiger partial charge in [-0.15, -0.1) is 0 Å². The minimum Gasteiger partial charge on any atom is -0.465 e. The number of benzene rings is 2. The molecule has 8 nitrogen and oxygen atoms in total. The summed E-state index contributed by atoms with van der Waals surface area (Å²) in [5.41, 5.74) is 2.83. The highest BCUT2D eigenvalue weighted by Gasteiger charge is 2.13. The number of nitrogens with zero attached hydrogens (tertiary/aromatic N) is 3. The van der Waals surface area contributed by atoms with Gasteiger partial charge in [-0.25, -0.2) is 14.6 Å². The van der Waals surface area contributed by atoms with Crippen LogP contribution in [0, 0.1) is 0 Å². The average Bonchev–Trinajstić information content (AvgIpc) is 3.15. The van der Waals surface area contributed by atoms with Crippen LogP contribution >= 0.6 is 11.3 Å². The molecule has 2 heterocycles. The number of hydrogen-bond acceptors (Lipinski definition) is 6. The van der Waals surface area contributed by atoms with E-state index in [9.17, 15) is 9.59 Å². The second-order valence-corrected chi connectivity index (χ2v) is 7.33. The number of thiazole rings is 1. The number of carboxylic acid groups (broad SMARTS) is 1. The Morgan fingerprint density at radius 1 is 1.07 bits per heavy atom. The van der Waals surface area contributed by atoms with Crippen LogP contribution in [0.3, 0.4) is 0 Å². The largest absolute Gasteiger partial charge is 0.465 e. The first-order chi connectivity index (χ1) is 14.5. The van der Waals surface area contributed by atoms with E-state index in [0.29, 0.717) is 16.6 Å². The second kappa shape index (κ2) is 8.18. The molecular weight excluding hydrogens is 404 g/mol. The Morgan fingerprint density at radius 2 is 1.87 bits per heavy atom. The standard InChI is InChI=1S/C21H16N4O4S/c1-25(21(27)28)15-9-14(11-22-12-15)13-7-8-17-18(10-13)30-19(23-17)24-20(26)29-16-5-3-2-4-6-16/h2-12H,1H3,(H,27,28)(H,23,24,26). The number of fused-ring (bicyclic) bond motifs is 1. The van der Waals surface area contributed by atoms with Crippen LogP contribution in [0.1, 0.15) is 0 Å². The Balaban J connectivity index is 1.55. The molecule has 0 aliphatic carbocycles. The van der Waals surface area contributed by atoms with Gasteiger partial charge < -0.3 is 9.84 Å². The molecule has 30 heavy (non-hydrogen) atoms. The van der Waals surface area contributed by atoms with E-state index < -0.39 is 12.2 Å². The number of para-hydroxylation sites is 1. The fourth-order valence-corrected chi connectivity index (χ4v) is 3.64. The topological polar surface area (TPSA) is 105 Å². The Morgan fingerprint density at radius 3 is 2.63 bits per heavy atom. The number of ether oxygens (including phenoxy) is 1. The summed E-state index contributed by atoms with van der Waals surface area (Å²) in [4.78, 5) is 32.9. The summed E-state index contributed by atoms with van der Waals surface area (Å²) in [6.45, 7) is 0. The summed E-state index contributed by atoms with van der Waals surface area (Å²) in [6.07, 6.45) is 1.47. The third-order valence-corrected chi connectivity index (χ3v) is 5.22. The van der Waals surface area contributed by atoms with E-state index in [4.69, 9.17) is 9.84 Å². The fourth-order valence-electron chi connectivity index (χ4n) is 2.75. The van der Waals surface area contributed by atoms with Crippen molar-refractivity contribution in [3.8, 4) is 16.9 Å². The van der Waals surface area contributed by atoms with Crippen molar-refractivity contribution in [1.29, 1.82) is 0 Å². The van der Waals surface area contributed by atoms with Crippen LogP contribution in [-0.2, 0) is 0 Å². The summed E-state index contributed by atoms with van der Waals surface area (Å²) in [5, 5.41) is 12.2. The first kappa shape index (κ1) is 19.3. The summed E-state index contributed by atoms with van der Waals surface area (Å²) >= 11 is 1.31. The molecule has 0 saturated heterocycles. The third-order valence-electron chi connectivity index (χ3n) is 4.28. The van der Waals surface area contributed by atoms with Crippen molar-refractivity contribution in [1.82, 2.24) is 9.97 Å². The highest BCUT2D eigenvalue weighted by molar-refractivity contribution is 7.22. The monoisotopic (exact) mass is 420 g/mol. The number of anilines is 2. The van der Waals surface area contributed by atoms with E-state index in [2.05, 4.69) is 15.3 Å². The number of amides is 2. The van der Waals surface area contributed by atoms with Crippen molar-refractivity contribution in [2.24, 2.45) is 0 Å². The molecule has 2 N–H and O–H groups in total. The molecule has 2 aromatic carbocycles. The van der Waals surface area contributed by atoms with Crippen LogP contribution < -0.4 is 15.0 Å².